The Bertz CT molecular complexity index is 435. The summed E-state index contributed by atoms with van der Waals surface area (Å²) in [5.41, 5.74) is 5.93. The summed E-state index contributed by atoms with van der Waals surface area (Å²) in [5.74, 6) is 1.70. The second-order valence-electron chi connectivity index (χ2n) is 4.89. The Morgan fingerprint density at radius 3 is 3.14 bits per heavy atom. The van der Waals surface area contributed by atoms with Crippen molar-refractivity contribution in [3.8, 4) is 5.75 Å². The van der Waals surface area contributed by atoms with Crippen molar-refractivity contribution in [1.29, 1.82) is 0 Å². The summed E-state index contributed by atoms with van der Waals surface area (Å²) < 4.78 is 5.82. The summed E-state index contributed by atoms with van der Waals surface area (Å²) in [6.07, 6.45) is 7.03. The molecule has 2 atom stereocenters. The molecule has 1 saturated heterocycles. The standard InChI is InChI=1S/C14H21N3O2S.ClH/c1-20-8-5-13(15)14(18)17-7-4-12(10-17)19-11-3-2-6-16-9-11;/h2-3,6,9,12-13H,4-5,7-8,10,15H2,1H3;1H/t12?,13-;/m0./s1. The topological polar surface area (TPSA) is 68.5 Å². The molecule has 0 aromatic carbocycles. The lowest BCUT2D eigenvalue weighted by molar-refractivity contribution is -0.131. The maximum atomic E-state index is 12.2. The molecule has 1 aromatic heterocycles. The van der Waals surface area contributed by atoms with E-state index in [4.69, 9.17) is 10.5 Å². The van der Waals surface area contributed by atoms with Gasteiger partial charge < -0.3 is 15.4 Å². The van der Waals surface area contributed by atoms with Gasteiger partial charge in [-0.3, -0.25) is 9.78 Å². The number of thioether (sulfide) groups is 1. The molecule has 1 aliphatic heterocycles. The molecule has 0 bridgehead atoms. The maximum absolute atomic E-state index is 12.2. The van der Waals surface area contributed by atoms with Crippen LogP contribution < -0.4 is 10.5 Å². The highest BCUT2D eigenvalue weighted by molar-refractivity contribution is 7.98. The van der Waals surface area contributed by atoms with Gasteiger partial charge in [-0.1, -0.05) is 0 Å². The second kappa shape index (κ2) is 9.12. The molecule has 0 spiro atoms. The first-order valence-corrected chi connectivity index (χ1v) is 8.20. The van der Waals surface area contributed by atoms with Crippen LogP contribution in [0.5, 0.6) is 5.75 Å². The van der Waals surface area contributed by atoms with Crippen LogP contribution in [0.1, 0.15) is 12.8 Å². The Morgan fingerprint density at radius 2 is 2.48 bits per heavy atom. The SMILES string of the molecule is CSCC[C@H](N)C(=O)N1CCC(Oc2cccnc2)C1.Cl. The monoisotopic (exact) mass is 331 g/mol. The average Bonchev–Trinajstić information content (AvgIpc) is 2.93. The van der Waals surface area contributed by atoms with Crippen molar-refractivity contribution in [1.82, 2.24) is 9.88 Å². The second-order valence-corrected chi connectivity index (χ2v) is 5.88. The lowest BCUT2D eigenvalue weighted by Gasteiger charge is -2.20. The van der Waals surface area contributed by atoms with E-state index in [1.165, 1.54) is 0 Å². The van der Waals surface area contributed by atoms with Gasteiger partial charge in [0.05, 0.1) is 18.8 Å². The van der Waals surface area contributed by atoms with Gasteiger partial charge in [-0.2, -0.15) is 11.8 Å². The minimum absolute atomic E-state index is 0. The molecule has 1 aliphatic rings. The van der Waals surface area contributed by atoms with E-state index < -0.39 is 0 Å². The molecule has 0 aliphatic carbocycles. The number of carbonyl (C=O) groups is 1. The summed E-state index contributed by atoms with van der Waals surface area (Å²) in [7, 11) is 0. The van der Waals surface area contributed by atoms with Gasteiger partial charge in [0.1, 0.15) is 11.9 Å². The number of pyridine rings is 1. The van der Waals surface area contributed by atoms with Crippen molar-refractivity contribution in [2.24, 2.45) is 5.73 Å². The molecule has 1 unspecified atom stereocenters. The molecule has 2 rings (SSSR count). The zero-order chi connectivity index (χ0) is 14.4. The average molecular weight is 332 g/mol. The highest BCUT2D eigenvalue weighted by Crippen LogP contribution is 2.18. The predicted octanol–water partition coefficient (Wildman–Crippen LogP) is 1.56. The molecular weight excluding hydrogens is 310 g/mol. The van der Waals surface area contributed by atoms with Gasteiger partial charge in [0.2, 0.25) is 5.91 Å². The zero-order valence-electron chi connectivity index (χ0n) is 12.1. The number of nitrogens with two attached hydrogens (primary N) is 1. The highest BCUT2D eigenvalue weighted by atomic mass is 35.5. The summed E-state index contributed by atoms with van der Waals surface area (Å²) in [6.45, 7) is 1.33. The van der Waals surface area contributed by atoms with Crippen molar-refractivity contribution in [3.63, 3.8) is 0 Å². The zero-order valence-corrected chi connectivity index (χ0v) is 13.7. The van der Waals surface area contributed by atoms with Crippen molar-refractivity contribution < 1.29 is 9.53 Å². The molecule has 1 amide bonds. The van der Waals surface area contributed by atoms with Crippen LogP contribution >= 0.6 is 24.2 Å². The third kappa shape index (κ3) is 5.37. The van der Waals surface area contributed by atoms with E-state index in [9.17, 15) is 4.79 Å². The normalized spacial score (nSPS) is 19.0. The van der Waals surface area contributed by atoms with Crippen molar-refractivity contribution in [2.45, 2.75) is 25.0 Å². The van der Waals surface area contributed by atoms with Crippen LogP contribution in [0.4, 0.5) is 0 Å². The van der Waals surface area contributed by atoms with E-state index in [1.54, 1.807) is 24.2 Å². The molecule has 1 fully saturated rings. The Hall–Kier alpha value is -0.980. The lowest BCUT2D eigenvalue weighted by atomic mass is 10.2. The molecule has 0 radical (unpaired) electrons. The molecule has 2 N–H and O–H groups in total. The van der Waals surface area contributed by atoms with Crippen molar-refractivity contribution in [3.05, 3.63) is 24.5 Å². The first kappa shape index (κ1) is 18.1. The number of aromatic nitrogens is 1. The Kier molecular flexibility index (Phi) is 7.85. The van der Waals surface area contributed by atoms with Crippen LogP contribution in [0.25, 0.3) is 0 Å². The quantitative estimate of drug-likeness (QED) is 0.856. The fourth-order valence-electron chi connectivity index (χ4n) is 2.24. The summed E-state index contributed by atoms with van der Waals surface area (Å²) in [4.78, 5) is 18.0. The van der Waals surface area contributed by atoms with Crippen LogP contribution in [0.3, 0.4) is 0 Å². The van der Waals surface area contributed by atoms with E-state index in [1.807, 2.05) is 23.3 Å². The first-order chi connectivity index (χ1) is 9.70. The van der Waals surface area contributed by atoms with Gasteiger partial charge in [-0.15, -0.1) is 12.4 Å². The van der Waals surface area contributed by atoms with Gasteiger partial charge in [0.15, 0.2) is 0 Å². The molecule has 21 heavy (non-hydrogen) atoms. The molecule has 5 nitrogen and oxygen atoms in total. The summed E-state index contributed by atoms with van der Waals surface area (Å²) >= 11 is 1.71. The summed E-state index contributed by atoms with van der Waals surface area (Å²) in [6, 6.07) is 3.33. The highest BCUT2D eigenvalue weighted by Gasteiger charge is 2.30. The van der Waals surface area contributed by atoms with Crippen molar-refractivity contribution in [2.75, 3.05) is 25.1 Å². The lowest BCUT2D eigenvalue weighted by Crippen LogP contribution is -2.43. The molecule has 7 heteroatoms. The van der Waals surface area contributed by atoms with Crippen LogP contribution in [-0.2, 0) is 4.79 Å². The number of hydrogen-bond donors (Lipinski definition) is 1. The number of hydrogen-bond acceptors (Lipinski definition) is 5. The Labute approximate surface area is 136 Å². The van der Waals surface area contributed by atoms with Crippen LogP contribution in [0, 0.1) is 0 Å². The molecule has 1 aromatic rings. The third-order valence-corrected chi connectivity index (χ3v) is 3.99. The third-order valence-electron chi connectivity index (χ3n) is 3.34. The Morgan fingerprint density at radius 1 is 1.67 bits per heavy atom. The van der Waals surface area contributed by atoms with E-state index in [0.717, 1.165) is 30.9 Å². The smallest absolute Gasteiger partial charge is 0.239 e. The predicted molar refractivity (Wildman–Crippen MR) is 88.1 cm³/mol. The van der Waals surface area contributed by atoms with Crippen molar-refractivity contribution >= 4 is 30.1 Å². The van der Waals surface area contributed by atoms with Gasteiger partial charge in [0.25, 0.3) is 0 Å². The number of nitrogens with zero attached hydrogens (tertiary/aromatic N) is 2. The first-order valence-electron chi connectivity index (χ1n) is 6.80. The van der Waals surface area contributed by atoms with Gasteiger partial charge in [-0.05, 0) is 30.6 Å². The number of halogens is 1. The van der Waals surface area contributed by atoms with Crippen LogP contribution in [0.2, 0.25) is 0 Å². The van der Waals surface area contributed by atoms with Gasteiger partial charge >= 0.3 is 0 Å². The minimum Gasteiger partial charge on any atom is -0.487 e. The van der Waals surface area contributed by atoms with E-state index in [2.05, 4.69) is 4.98 Å². The molecular formula is C14H22ClN3O2S. The van der Waals surface area contributed by atoms with Crippen LogP contribution in [-0.4, -0.2) is 53.0 Å². The van der Waals surface area contributed by atoms with Gasteiger partial charge in [-0.25, -0.2) is 0 Å². The molecule has 118 valence electrons. The van der Waals surface area contributed by atoms with E-state index in [-0.39, 0.29) is 30.5 Å². The number of ether oxygens (including phenoxy) is 1. The number of carbonyl (C=O) groups excluding carboxylic acids is 1. The Balaban J connectivity index is 0.00000220. The summed E-state index contributed by atoms with van der Waals surface area (Å²) in [5, 5.41) is 0. The van der Waals surface area contributed by atoms with Gasteiger partial charge in [0, 0.05) is 19.2 Å². The fraction of sp³-hybridized carbons (Fsp3) is 0.571. The van der Waals surface area contributed by atoms with E-state index in [0.29, 0.717) is 6.54 Å². The van der Waals surface area contributed by atoms with Crippen LogP contribution in [0.15, 0.2) is 24.5 Å². The number of rotatable bonds is 6. The minimum atomic E-state index is -0.389. The largest absolute Gasteiger partial charge is 0.487 e. The molecule has 2 heterocycles. The fourth-order valence-corrected chi connectivity index (χ4v) is 2.73. The van der Waals surface area contributed by atoms with E-state index >= 15 is 0 Å². The number of likely N-dealkylation sites (tertiary alicyclic amines) is 1. The number of amides is 1. The maximum Gasteiger partial charge on any atom is 0.239 e. The molecule has 0 saturated carbocycles.